The molecule has 0 saturated carbocycles. The summed E-state index contributed by atoms with van der Waals surface area (Å²) in [6.07, 6.45) is 2.16. The molecule has 2 heterocycles. The summed E-state index contributed by atoms with van der Waals surface area (Å²) in [7, 11) is 0. The van der Waals surface area contributed by atoms with E-state index in [1.807, 2.05) is 0 Å². The predicted molar refractivity (Wildman–Crippen MR) is 151 cm³/mol. The number of hydrogen-bond donors (Lipinski definition) is 3. The third-order valence-corrected chi connectivity index (χ3v) is 7.05. The highest BCUT2D eigenvalue weighted by Gasteiger charge is 2.46. The van der Waals surface area contributed by atoms with E-state index in [1.54, 1.807) is 31.7 Å². The third-order valence-electron chi connectivity index (χ3n) is 6.83. The lowest BCUT2D eigenvalue weighted by Crippen LogP contribution is -2.52. The molecule has 2 aromatic rings. The van der Waals surface area contributed by atoms with E-state index >= 15 is 0 Å². The van der Waals surface area contributed by atoms with Gasteiger partial charge in [0.1, 0.15) is 23.3 Å². The van der Waals surface area contributed by atoms with Gasteiger partial charge in [0.15, 0.2) is 5.76 Å². The minimum absolute atomic E-state index is 0.00821. The lowest BCUT2D eigenvalue weighted by molar-refractivity contribution is -0.137. The highest BCUT2D eigenvalue weighted by atomic mass is 35.5. The van der Waals surface area contributed by atoms with Crippen molar-refractivity contribution < 1.29 is 23.5 Å². The van der Waals surface area contributed by atoms with Crippen LogP contribution >= 0.6 is 11.6 Å². The number of benzene rings is 1. The van der Waals surface area contributed by atoms with Gasteiger partial charge in [-0.15, -0.1) is 0 Å². The number of nitrogens with one attached hydrogen (secondary N) is 2. The van der Waals surface area contributed by atoms with Crippen LogP contribution < -0.4 is 15.8 Å². The Morgan fingerprint density at radius 1 is 1.32 bits per heavy atom. The van der Waals surface area contributed by atoms with Gasteiger partial charge < -0.3 is 26.1 Å². The number of carbonyl (C=O) groups excluding carboxylic acids is 3. The number of halogens is 2. The molecule has 1 aliphatic heterocycles. The van der Waals surface area contributed by atoms with Crippen molar-refractivity contribution in [2.24, 2.45) is 11.1 Å². The fourth-order valence-corrected chi connectivity index (χ4v) is 5.03. The number of rotatable bonds is 9. The number of hydrogen-bond acceptors (Lipinski definition) is 7. The highest BCUT2D eigenvalue weighted by Crippen LogP contribution is 2.44. The van der Waals surface area contributed by atoms with Gasteiger partial charge in [-0.2, -0.15) is 5.26 Å². The topological polar surface area (TPSA) is 162 Å². The van der Waals surface area contributed by atoms with Gasteiger partial charge in [-0.1, -0.05) is 11.6 Å². The number of aryl methyl sites for hydroxylation is 1. The van der Waals surface area contributed by atoms with E-state index in [9.17, 15) is 24.0 Å². The lowest BCUT2D eigenvalue weighted by Gasteiger charge is -2.38. The maximum absolute atomic E-state index is 14.2. The molecule has 4 N–H and O–H groups in total. The maximum atomic E-state index is 14.2. The first-order valence-corrected chi connectivity index (χ1v) is 13.2. The number of carbonyl (C=O) groups is 3. The molecule has 2 unspecified atom stereocenters. The van der Waals surface area contributed by atoms with Crippen molar-refractivity contribution in [3.63, 3.8) is 0 Å². The largest absolute Gasteiger partial charge is 0.450 e. The maximum Gasteiger partial charge on any atom is 0.284 e. The number of nitrogens with two attached hydrogens (primary N) is 1. The number of nitrogens with zero attached hydrogens (tertiary/aromatic N) is 3. The molecule has 216 valence electrons. The SMILES string of the molecule is CC(=N)/C=C(/Oc1ccc(C(=O)N[C@H](C)C(=O)N2C(c3cc(F)cc(Cl)c3)CCC2C(C)(C)C#N)nc1C)C(N)=O. The average Bonchev–Trinajstić information content (AvgIpc) is 3.34. The fourth-order valence-electron chi connectivity index (χ4n) is 4.80. The lowest BCUT2D eigenvalue weighted by atomic mass is 9.84. The minimum atomic E-state index is -1.01. The van der Waals surface area contributed by atoms with Gasteiger partial charge in [-0.3, -0.25) is 14.4 Å². The van der Waals surface area contributed by atoms with E-state index < -0.39 is 47.1 Å². The van der Waals surface area contributed by atoms with Crippen LogP contribution in [0.4, 0.5) is 4.39 Å². The van der Waals surface area contributed by atoms with Crippen LogP contribution in [0.1, 0.15) is 68.3 Å². The molecule has 1 saturated heterocycles. The summed E-state index contributed by atoms with van der Waals surface area (Å²) in [5.41, 5.74) is 5.23. The van der Waals surface area contributed by atoms with E-state index in [0.717, 1.165) is 0 Å². The molecule has 0 bridgehead atoms. The molecule has 1 fully saturated rings. The fraction of sp³-hybridized carbons (Fsp3) is 0.379. The molecule has 10 nitrogen and oxygen atoms in total. The Labute approximate surface area is 242 Å². The summed E-state index contributed by atoms with van der Waals surface area (Å²) in [6, 6.07) is 7.11. The summed E-state index contributed by atoms with van der Waals surface area (Å²) in [5, 5.41) is 20.2. The van der Waals surface area contributed by atoms with Crippen molar-refractivity contribution in [3.05, 3.63) is 70.0 Å². The molecule has 0 aliphatic carbocycles. The van der Waals surface area contributed by atoms with Crippen LogP contribution in [0, 0.1) is 34.9 Å². The van der Waals surface area contributed by atoms with Gasteiger partial charge in [0, 0.05) is 16.8 Å². The Morgan fingerprint density at radius 3 is 2.56 bits per heavy atom. The third kappa shape index (κ3) is 7.27. The first-order chi connectivity index (χ1) is 19.1. The Bertz CT molecular complexity index is 1450. The molecule has 0 radical (unpaired) electrons. The Balaban J connectivity index is 1.84. The molecule has 3 atom stereocenters. The zero-order valence-electron chi connectivity index (χ0n) is 23.4. The number of amides is 3. The first kappa shape index (κ1) is 31.2. The molecule has 3 amide bonds. The molecule has 0 spiro atoms. The van der Waals surface area contributed by atoms with Gasteiger partial charge in [-0.05, 0) is 83.4 Å². The number of aromatic nitrogens is 1. The van der Waals surface area contributed by atoms with Gasteiger partial charge in [0.2, 0.25) is 5.91 Å². The highest BCUT2D eigenvalue weighted by molar-refractivity contribution is 6.30. The summed E-state index contributed by atoms with van der Waals surface area (Å²) in [6.45, 7) is 8.01. The van der Waals surface area contributed by atoms with Crippen molar-refractivity contribution in [3.8, 4) is 11.8 Å². The van der Waals surface area contributed by atoms with E-state index in [4.69, 9.17) is 27.5 Å². The number of primary amides is 1. The molecule has 12 heteroatoms. The van der Waals surface area contributed by atoms with Crippen molar-refractivity contribution in [2.45, 2.75) is 65.6 Å². The Kier molecular flexibility index (Phi) is 9.50. The number of pyridine rings is 1. The van der Waals surface area contributed by atoms with E-state index in [1.165, 1.54) is 44.2 Å². The second kappa shape index (κ2) is 12.5. The van der Waals surface area contributed by atoms with Crippen molar-refractivity contribution in [1.29, 1.82) is 10.7 Å². The quantitative estimate of drug-likeness (QED) is 0.226. The van der Waals surface area contributed by atoms with Gasteiger partial charge in [0.05, 0.1) is 29.3 Å². The van der Waals surface area contributed by atoms with Crippen LogP contribution in [0.25, 0.3) is 0 Å². The monoisotopic (exact) mass is 582 g/mol. The summed E-state index contributed by atoms with van der Waals surface area (Å²) < 4.78 is 19.7. The van der Waals surface area contributed by atoms with Crippen molar-refractivity contribution >= 4 is 35.0 Å². The van der Waals surface area contributed by atoms with Gasteiger partial charge in [-0.25, -0.2) is 9.37 Å². The molecule has 1 aromatic heterocycles. The average molecular weight is 583 g/mol. The summed E-state index contributed by atoms with van der Waals surface area (Å²) >= 11 is 6.09. The van der Waals surface area contributed by atoms with Crippen LogP contribution in [0.2, 0.25) is 5.02 Å². The van der Waals surface area contributed by atoms with Gasteiger partial charge in [0.25, 0.3) is 11.8 Å². The predicted octanol–water partition coefficient (Wildman–Crippen LogP) is 4.37. The molecular formula is C29H32ClFN6O4. The van der Waals surface area contributed by atoms with E-state index in [0.29, 0.717) is 18.4 Å². The summed E-state index contributed by atoms with van der Waals surface area (Å²) in [5.74, 6) is -2.58. The zero-order chi connectivity index (χ0) is 30.6. The summed E-state index contributed by atoms with van der Waals surface area (Å²) in [4.78, 5) is 44.3. The Hall–Kier alpha value is -4.30. The first-order valence-electron chi connectivity index (χ1n) is 12.9. The minimum Gasteiger partial charge on any atom is -0.450 e. The number of nitriles is 1. The van der Waals surface area contributed by atoms with Crippen LogP contribution in [0.5, 0.6) is 5.75 Å². The zero-order valence-corrected chi connectivity index (χ0v) is 24.2. The number of allylic oxidation sites excluding steroid dienone is 1. The van der Waals surface area contributed by atoms with Crippen LogP contribution in [-0.2, 0) is 9.59 Å². The molecule has 3 rings (SSSR count). The van der Waals surface area contributed by atoms with Gasteiger partial charge >= 0.3 is 0 Å². The molecular weight excluding hydrogens is 551 g/mol. The Morgan fingerprint density at radius 2 is 2.00 bits per heavy atom. The smallest absolute Gasteiger partial charge is 0.284 e. The van der Waals surface area contributed by atoms with Crippen LogP contribution in [0.3, 0.4) is 0 Å². The van der Waals surface area contributed by atoms with Crippen molar-refractivity contribution in [1.82, 2.24) is 15.2 Å². The van der Waals surface area contributed by atoms with Crippen molar-refractivity contribution in [2.75, 3.05) is 0 Å². The van der Waals surface area contributed by atoms with E-state index in [-0.39, 0.29) is 33.6 Å². The second-order valence-corrected chi connectivity index (χ2v) is 11.0. The molecule has 1 aromatic carbocycles. The van der Waals surface area contributed by atoms with Crippen LogP contribution in [-0.4, -0.2) is 45.4 Å². The van der Waals surface area contributed by atoms with Crippen LogP contribution in [0.15, 0.2) is 42.2 Å². The van der Waals surface area contributed by atoms with E-state index in [2.05, 4.69) is 16.4 Å². The second-order valence-electron chi connectivity index (χ2n) is 10.5. The normalized spacial score (nSPS) is 17.9. The molecule has 1 aliphatic rings. The number of ether oxygens (including phenoxy) is 1. The standard InChI is InChI=1S/C29H32ClFN6O4/c1-15(33)10-24(26(34)38)41-23-8-6-21(35-16(23)2)27(39)36-17(3)28(40)37-22(7-9-25(37)29(4,5)14-32)18-11-19(30)13-20(31)12-18/h6,8,10-13,17,22,25,33H,7,9H2,1-5H3,(H2,34,38)(H,36,39)/b24-10+,33-15?/t17-,22?,25?/m1/s1. The number of likely N-dealkylation sites (tertiary alicyclic amines) is 1. The molecule has 41 heavy (non-hydrogen) atoms.